The van der Waals surface area contributed by atoms with Crippen LogP contribution in [0.25, 0.3) is 11.4 Å². The SMILES string of the molecule is COc1ccc(Cl)cc1-c1nc(C(=O)N=C(N)N)c(C)[nH]1.CS(=O)(=O)O.CS(=O)(=O)O. The Morgan fingerprint density at radius 2 is 1.65 bits per heavy atom. The Kier molecular flexibility index (Phi) is 10.6. The largest absolute Gasteiger partial charge is 0.496 e. The molecule has 31 heavy (non-hydrogen) atoms. The number of aryl methyl sites for hydroxylation is 1. The lowest BCUT2D eigenvalue weighted by molar-refractivity contribution is 0.0998. The van der Waals surface area contributed by atoms with E-state index < -0.39 is 26.1 Å². The third-order valence-corrected chi connectivity index (χ3v) is 2.97. The van der Waals surface area contributed by atoms with Gasteiger partial charge in [-0.1, -0.05) is 11.6 Å². The Morgan fingerprint density at radius 1 is 1.16 bits per heavy atom. The van der Waals surface area contributed by atoms with Crippen LogP contribution in [0.15, 0.2) is 23.2 Å². The number of ether oxygens (including phenoxy) is 1. The van der Waals surface area contributed by atoms with Crippen LogP contribution in [-0.2, 0) is 20.2 Å². The first-order chi connectivity index (χ1) is 13.9. The van der Waals surface area contributed by atoms with Gasteiger partial charge in [0.1, 0.15) is 11.6 Å². The molecule has 1 aromatic heterocycles. The number of rotatable bonds is 3. The molecule has 2 rings (SSSR count). The quantitative estimate of drug-likeness (QED) is 0.221. The van der Waals surface area contributed by atoms with E-state index in [2.05, 4.69) is 15.0 Å². The van der Waals surface area contributed by atoms with Crippen LogP contribution in [0.4, 0.5) is 0 Å². The molecule has 0 unspecified atom stereocenters. The van der Waals surface area contributed by atoms with E-state index >= 15 is 0 Å². The standard InChI is InChI=1S/C13H14ClN5O2.2CH4O3S/c1-6-10(12(20)19-13(15)16)18-11(17-6)8-5-7(14)3-4-9(8)21-2;2*1-5(2,3)4/h3-5H,1-2H3,(H,17,18)(H4,15,16,19,20);2*1H3,(H,2,3,4). The number of aromatic nitrogens is 2. The third-order valence-electron chi connectivity index (χ3n) is 2.73. The highest BCUT2D eigenvalue weighted by Gasteiger charge is 2.17. The van der Waals surface area contributed by atoms with E-state index in [0.29, 0.717) is 40.4 Å². The number of carbonyl (C=O) groups excluding carboxylic acids is 1. The maximum atomic E-state index is 11.9. The van der Waals surface area contributed by atoms with E-state index in [0.717, 1.165) is 0 Å². The molecule has 0 bridgehead atoms. The van der Waals surface area contributed by atoms with Gasteiger partial charge in [0.25, 0.3) is 20.2 Å². The van der Waals surface area contributed by atoms with Crippen molar-refractivity contribution in [3.05, 3.63) is 34.6 Å². The summed E-state index contributed by atoms with van der Waals surface area (Å²) in [5.74, 6) is 0.0928. The second-order valence-electron chi connectivity index (χ2n) is 5.71. The first kappa shape index (κ1) is 28.3. The van der Waals surface area contributed by atoms with Crippen molar-refractivity contribution in [2.75, 3.05) is 19.6 Å². The fraction of sp³-hybridized carbons (Fsp3) is 0.267. The number of aliphatic imine (C=N–C) groups is 1. The van der Waals surface area contributed by atoms with Gasteiger partial charge in [0, 0.05) is 10.7 Å². The van der Waals surface area contributed by atoms with Gasteiger partial charge in [0.15, 0.2) is 11.7 Å². The molecule has 0 saturated carbocycles. The minimum atomic E-state index is -3.67. The number of nitrogens with zero attached hydrogens (tertiary/aromatic N) is 2. The van der Waals surface area contributed by atoms with Crippen molar-refractivity contribution in [3.8, 4) is 17.1 Å². The normalized spacial score (nSPS) is 10.7. The number of nitrogens with two attached hydrogens (primary N) is 2. The van der Waals surface area contributed by atoms with Gasteiger partial charge in [-0.25, -0.2) is 4.98 Å². The zero-order valence-electron chi connectivity index (χ0n) is 16.8. The molecular weight excluding hydrogens is 478 g/mol. The predicted molar refractivity (Wildman–Crippen MR) is 115 cm³/mol. The lowest BCUT2D eigenvalue weighted by Crippen LogP contribution is -2.24. The molecule has 174 valence electrons. The highest BCUT2D eigenvalue weighted by atomic mass is 35.5. The van der Waals surface area contributed by atoms with Crippen LogP contribution < -0.4 is 16.2 Å². The average molecular weight is 500 g/mol. The Labute approximate surface area is 184 Å². The number of benzene rings is 1. The fourth-order valence-corrected chi connectivity index (χ4v) is 2.00. The monoisotopic (exact) mass is 499 g/mol. The molecular formula is C15H22ClN5O8S2. The van der Waals surface area contributed by atoms with Crippen molar-refractivity contribution in [3.63, 3.8) is 0 Å². The summed E-state index contributed by atoms with van der Waals surface area (Å²) in [7, 11) is -5.80. The number of H-pyrrole nitrogens is 1. The molecule has 0 aliphatic carbocycles. The minimum absolute atomic E-state index is 0.139. The summed E-state index contributed by atoms with van der Waals surface area (Å²) >= 11 is 5.98. The number of methoxy groups -OCH3 is 1. The summed E-state index contributed by atoms with van der Waals surface area (Å²) in [6.07, 6.45) is 1.43. The molecule has 0 aliphatic heterocycles. The molecule has 0 aliphatic rings. The number of nitrogens with one attached hydrogen (secondary N) is 1. The fourth-order valence-electron chi connectivity index (χ4n) is 1.83. The molecule has 13 nitrogen and oxygen atoms in total. The van der Waals surface area contributed by atoms with E-state index in [4.69, 9.17) is 36.9 Å². The number of carbonyl (C=O) groups is 1. The van der Waals surface area contributed by atoms with Crippen LogP contribution in [0.3, 0.4) is 0 Å². The number of hydrogen-bond acceptors (Lipinski definition) is 7. The maximum absolute atomic E-state index is 11.9. The summed E-state index contributed by atoms with van der Waals surface area (Å²) in [5, 5.41) is 0.525. The summed E-state index contributed by atoms with van der Waals surface area (Å²) in [6.45, 7) is 1.70. The average Bonchev–Trinajstić information content (AvgIpc) is 2.93. The van der Waals surface area contributed by atoms with Crippen molar-refractivity contribution in [1.82, 2.24) is 9.97 Å². The summed E-state index contributed by atoms with van der Waals surface area (Å²) < 4.78 is 57.0. The van der Waals surface area contributed by atoms with Gasteiger partial charge in [-0.2, -0.15) is 21.8 Å². The van der Waals surface area contributed by atoms with Crippen LogP contribution >= 0.6 is 11.6 Å². The van der Waals surface area contributed by atoms with Gasteiger partial charge in [-0.05, 0) is 25.1 Å². The molecule has 1 aromatic carbocycles. The van der Waals surface area contributed by atoms with Gasteiger partial charge in [0.2, 0.25) is 0 Å². The zero-order chi connectivity index (χ0) is 24.6. The highest BCUT2D eigenvalue weighted by molar-refractivity contribution is 7.85. The smallest absolute Gasteiger partial charge is 0.300 e. The molecule has 0 saturated heterocycles. The molecule has 0 fully saturated rings. The molecule has 0 radical (unpaired) electrons. The van der Waals surface area contributed by atoms with Crippen molar-refractivity contribution in [2.24, 2.45) is 16.5 Å². The van der Waals surface area contributed by atoms with Gasteiger partial charge in [-0.3, -0.25) is 13.9 Å². The molecule has 7 N–H and O–H groups in total. The zero-order valence-corrected chi connectivity index (χ0v) is 19.2. The molecule has 0 atom stereocenters. The van der Waals surface area contributed by atoms with Crippen molar-refractivity contribution >= 4 is 43.7 Å². The highest BCUT2D eigenvalue weighted by Crippen LogP contribution is 2.31. The third kappa shape index (κ3) is 13.2. The Hall–Kier alpha value is -2.72. The number of halogens is 1. The minimum Gasteiger partial charge on any atom is -0.496 e. The topological polar surface area (TPSA) is 228 Å². The predicted octanol–water partition coefficient (Wildman–Crippen LogP) is 0.469. The molecule has 2 aromatic rings. The van der Waals surface area contributed by atoms with Gasteiger partial charge in [0.05, 0.1) is 25.2 Å². The van der Waals surface area contributed by atoms with Crippen LogP contribution in [0.2, 0.25) is 5.02 Å². The number of hydrogen-bond donors (Lipinski definition) is 5. The molecule has 1 amide bonds. The molecule has 0 spiro atoms. The lowest BCUT2D eigenvalue weighted by atomic mass is 10.2. The summed E-state index contributed by atoms with van der Waals surface area (Å²) in [4.78, 5) is 22.5. The van der Waals surface area contributed by atoms with E-state index in [1.807, 2.05) is 0 Å². The second-order valence-corrected chi connectivity index (χ2v) is 9.08. The Balaban J connectivity index is 0.000000752. The van der Waals surface area contributed by atoms with E-state index in [1.165, 1.54) is 7.11 Å². The first-order valence-corrected chi connectivity index (χ1v) is 11.9. The summed E-state index contributed by atoms with van der Waals surface area (Å²) in [6, 6.07) is 5.10. The lowest BCUT2D eigenvalue weighted by Gasteiger charge is -2.06. The van der Waals surface area contributed by atoms with Gasteiger partial charge >= 0.3 is 5.91 Å². The van der Waals surface area contributed by atoms with Gasteiger partial charge < -0.3 is 21.2 Å². The van der Waals surface area contributed by atoms with Crippen LogP contribution in [0.1, 0.15) is 16.2 Å². The van der Waals surface area contributed by atoms with E-state index in [9.17, 15) is 21.6 Å². The maximum Gasteiger partial charge on any atom is 0.300 e. The van der Waals surface area contributed by atoms with E-state index in [1.54, 1.807) is 25.1 Å². The number of imidazole rings is 1. The number of guanidine groups is 1. The number of amides is 1. The first-order valence-electron chi connectivity index (χ1n) is 7.81. The van der Waals surface area contributed by atoms with Crippen LogP contribution in [-0.4, -0.2) is 67.4 Å². The van der Waals surface area contributed by atoms with Crippen LogP contribution in [0.5, 0.6) is 5.75 Å². The van der Waals surface area contributed by atoms with Gasteiger partial charge in [-0.15, -0.1) is 0 Å². The number of aromatic amines is 1. The van der Waals surface area contributed by atoms with E-state index in [-0.39, 0.29) is 11.7 Å². The Bertz CT molecular complexity index is 1110. The van der Waals surface area contributed by atoms with Crippen LogP contribution in [0, 0.1) is 6.92 Å². The van der Waals surface area contributed by atoms with Crippen molar-refractivity contribution in [2.45, 2.75) is 6.92 Å². The Morgan fingerprint density at radius 3 is 2.06 bits per heavy atom. The van der Waals surface area contributed by atoms with Crippen molar-refractivity contribution < 1.29 is 35.5 Å². The molecule has 16 heteroatoms. The summed E-state index contributed by atoms with van der Waals surface area (Å²) in [5.41, 5.74) is 11.7. The second kappa shape index (κ2) is 11.6. The van der Waals surface area contributed by atoms with Crippen molar-refractivity contribution in [1.29, 1.82) is 0 Å². The molecule has 1 heterocycles.